The number of rotatable bonds is 9. The summed E-state index contributed by atoms with van der Waals surface area (Å²) in [6, 6.07) is 38.4. The van der Waals surface area contributed by atoms with Crippen LogP contribution >= 0.6 is 7.26 Å². The average Bonchev–Trinajstić information content (AvgIpc) is 2.88. The first-order valence-electron chi connectivity index (χ1n) is 10.6. The van der Waals surface area contributed by atoms with E-state index in [1.165, 1.54) is 15.9 Å². The van der Waals surface area contributed by atoms with Crippen LogP contribution < -0.4 is 37.6 Å². The van der Waals surface area contributed by atoms with Gasteiger partial charge in [-0.2, -0.15) is 0 Å². The van der Waals surface area contributed by atoms with Crippen molar-refractivity contribution >= 4 is 29.5 Å². The number of carbonyl (C=O) groups excluding carboxylic acids is 1. The fourth-order valence-corrected chi connectivity index (χ4v) is 8.38. The van der Waals surface area contributed by atoms with Gasteiger partial charge in [-0.1, -0.05) is 66.7 Å². The topological polar surface area (TPSA) is 46.5 Å². The summed E-state index contributed by atoms with van der Waals surface area (Å²) in [6.45, 7) is 0.110. The zero-order valence-corrected chi connectivity index (χ0v) is 20.6. The Bertz CT molecular complexity index is 1040. The molecule has 1 unspecified atom stereocenters. The van der Waals surface area contributed by atoms with Gasteiger partial charge in [0.1, 0.15) is 47.8 Å². The van der Waals surface area contributed by atoms with Crippen LogP contribution in [-0.2, 0) is 0 Å². The minimum Gasteiger partial charge on any atom is -1.00 e. The van der Waals surface area contributed by atoms with E-state index in [9.17, 15) is 9.90 Å². The number of hydrogen-bond acceptors (Lipinski definition) is 3. The molecule has 0 aromatic heterocycles. The first-order chi connectivity index (χ1) is 15.7. The molecule has 0 saturated heterocycles. The maximum atomic E-state index is 11.3. The summed E-state index contributed by atoms with van der Waals surface area (Å²) in [5.41, 5.74) is 0.481. The number of aldehydes is 1. The lowest BCUT2D eigenvalue weighted by atomic mass is 10.2. The Hall–Kier alpha value is -2.78. The van der Waals surface area contributed by atoms with Crippen molar-refractivity contribution in [2.75, 3.05) is 12.8 Å². The summed E-state index contributed by atoms with van der Waals surface area (Å²) in [5, 5.41) is 14.8. The first kappa shape index (κ1) is 24.9. The van der Waals surface area contributed by atoms with Crippen LogP contribution in [0.5, 0.6) is 5.75 Å². The van der Waals surface area contributed by atoms with E-state index in [4.69, 9.17) is 4.74 Å². The van der Waals surface area contributed by atoms with Gasteiger partial charge in [0.25, 0.3) is 0 Å². The van der Waals surface area contributed by atoms with Crippen molar-refractivity contribution in [1.29, 1.82) is 0 Å². The van der Waals surface area contributed by atoms with Crippen molar-refractivity contribution in [2.24, 2.45) is 0 Å². The maximum Gasteiger partial charge on any atom is 0.153 e. The predicted octanol–water partition coefficient (Wildman–Crippen LogP) is 1.24. The third-order valence-electron chi connectivity index (χ3n) is 5.55. The molecule has 168 valence electrons. The molecule has 0 aliphatic carbocycles. The van der Waals surface area contributed by atoms with E-state index in [1.807, 2.05) is 24.3 Å². The maximum absolute atomic E-state index is 11.3. The number of ether oxygens (including phenoxy) is 1. The molecule has 0 bridgehead atoms. The highest BCUT2D eigenvalue weighted by molar-refractivity contribution is 7.95. The van der Waals surface area contributed by atoms with Crippen LogP contribution in [0.3, 0.4) is 0 Å². The van der Waals surface area contributed by atoms with Crippen molar-refractivity contribution in [1.82, 2.24) is 0 Å². The number of carbonyl (C=O) groups is 1. The van der Waals surface area contributed by atoms with Crippen molar-refractivity contribution in [3.8, 4) is 5.75 Å². The van der Waals surface area contributed by atoms with Gasteiger partial charge in [-0.3, -0.25) is 4.79 Å². The van der Waals surface area contributed by atoms with Crippen molar-refractivity contribution in [2.45, 2.75) is 6.10 Å². The van der Waals surface area contributed by atoms with E-state index in [1.54, 1.807) is 18.2 Å². The van der Waals surface area contributed by atoms with Crippen LogP contribution in [0.2, 0.25) is 0 Å². The number of benzene rings is 4. The van der Waals surface area contributed by atoms with Gasteiger partial charge < -0.3 is 26.8 Å². The Morgan fingerprint density at radius 3 is 1.58 bits per heavy atom. The SMILES string of the molecule is O=Cc1ccccc1OCC(O)C[P+](c1ccccc1)(c1ccccc1)c1ccccc1.[Br-]. The highest BCUT2D eigenvalue weighted by Crippen LogP contribution is 2.55. The van der Waals surface area contributed by atoms with Gasteiger partial charge in [0.2, 0.25) is 0 Å². The van der Waals surface area contributed by atoms with Gasteiger partial charge in [0.15, 0.2) is 6.29 Å². The van der Waals surface area contributed by atoms with E-state index in [0.717, 1.165) is 6.29 Å². The summed E-state index contributed by atoms with van der Waals surface area (Å²) in [5.74, 6) is 0.490. The molecular formula is C28H26BrO3P. The molecule has 4 aromatic carbocycles. The lowest BCUT2D eigenvalue weighted by Gasteiger charge is -2.29. The minimum absolute atomic E-state index is 0. The third kappa shape index (κ3) is 5.59. The minimum atomic E-state index is -2.15. The van der Waals surface area contributed by atoms with Crippen LogP contribution in [0.1, 0.15) is 10.4 Å². The highest BCUT2D eigenvalue weighted by Gasteiger charge is 2.46. The van der Waals surface area contributed by atoms with E-state index >= 15 is 0 Å². The summed E-state index contributed by atoms with van der Waals surface area (Å²) >= 11 is 0. The normalized spacial score (nSPS) is 11.8. The molecule has 0 saturated carbocycles. The molecule has 1 atom stereocenters. The molecule has 4 aromatic rings. The number of halogens is 1. The van der Waals surface area contributed by atoms with Crippen molar-refractivity contribution < 1.29 is 31.6 Å². The molecule has 1 N–H and O–H groups in total. The zero-order chi connectivity index (χ0) is 22.2. The van der Waals surface area contributed by atoms with Crippen LogP contribution in [0, 0.1) is 0 Å². The van der Waals surface area contributed by atoms with Gasteiger partial charge in [-0.25, -0.2) is 0 Å². The predicted molar refractivity (Wildman–Crippen MR) is 133 cm³/mol. The van der Waals surface area contributed by atoms with Crippen LogP contribution in [0.25, 0.3) is 0 Å². The molecule has 33 heavy (non-hydrogen) atoms. The molecule has 0 amide bonds. The van der Waals surface area contributed by atoms with Gasteiger partial charge in [0.05, 0.1) is 5.56 Å². The highest BCUT2D eigenvalue weighted by atomic mass is 79.9. The quantitative estimate of drug-likeness (QED) is 0.267. The lowest BCUT2D eigenvalue weighted by molar-refractivity contribution is -0.0000145. The van der Waals surface area contributed by atoms with E-state index in [2.05, 4.69) is 72.8 Å². The number of para-hydroxylation sites is 1. The van der Waals surface area contributed by atoms with E-state index < -0.39 is 13.4 Å². The zero-order valence-electron chi connectivity index (χ0n) is 18.1. The second kappa shape index (κ2) is 11.9. The summed E-state index contributed by atoms with van der Waals surface area (Å²) in [7, 11) is -2.15. The molecule has 0 radical (unpaired) electrons. The number of hydrogen-bond donors (Lipinski definition) is 1. The molecule has 0 heterocycles. The largest absolute Gasteiger partial charge is 1.00 e. The summed E-state index contributed by atoms with van der Waals surface area (Å²) < 4.78 is 5.88. The van der Waals surface area contributed by atoms with E-state index in [0.29, 0.717) is 17.5 Å². The van der Waals surface area contributed by atoms with Gasteiger partial charge >= 0.3 is 0 Å². The monoisotopic (exact) mass is 520 g/mol. The fourth-order valence-electron chi connectivity index (χ4n) is 4.08. The van der Waals surface area contributed by atoms with Crippen LogP contribution in [0.4, 0.5) is 0 Å². The Morgan fingerprint density at radius 1 is 0.697 bits per heavy atom. The molecular weight excluding hydrogens is 495 g/mol. The van der Waals surface area contributed by atoms with Crippen LogP contribution in [-0.4, -0.2) is 30.3 Å². The molecule has 0 fully saturated rings. The molecule has 0 aliphatic rings. The third-order valence-corrected chi connectivity index (χ3v) is 10.1. The average molecular weight is 521 g/mol. The molecule has 5 heteroatoms. The summed E-state index contributed by atoms with van der Waals surface area (Å²) in [6.07, 6.45) is 0.592. The number of aliphatic hydroxyl groups is 1. The molecule has 3 nitrogen and oxygen atoms in total. The smallest absolute Gasteiger partial charge is 0.153 e. The van der Waals surface area contributed by atoms with Gasteiger partial charge in [-0.15, -0.1) is 0 Å². The molecule has 0 aliphatic heterocycles. The number of aliphatic hydroxyl groups excluding tert-OH is 1. The first-order valence-corrected chi connectivity index (χ1v) is 12.6. The standard InChI is InChI=1S/C28H26O3P.BrH/c29-20-23-12-10-11-19-28(23)31-21-24(30)22-32(25-13-4-1-5-14-25,26-15-6-2-7-16-26)27-17-8-3-9-18-27;/h1-20,24,30H,21-22H2;1H/q+1;/p-1. The Labute approximate surface area is 206 Å². The second-order valence-electron chi connectivity index (χ2n) is 7.62. The van der Waals surface area contributed by atoms with Gasteiger partial charge in [0, 0.05) is 0 Å². The fraction of sp³-hybridized carbons (Fsp3) is 0.107. The second-order valence-corrected chi connectivity index (χ2v) is 11.2. The Morgan fingerprint density at radius 2 is 1.12 bits per heavy atom. The molecule has 0 spiro atoms. The van der Waals surface area contributed by atoms with Crippen molar-refractivity contribution in [3.05, 3.63) is 121 Å². The van der Waals surface area contributed by atoms with Gasteiger partial charge in [-0.05, 0) is 48.5 Å². The van der Waals surface area contributed by atoms with Crippen LogP contribution in [0.15, 0.2) is 115 Å². The van der Waals surface area contributed by atoms with Crippen molar-refractivity contribution in [3.63, 3.8) is 0 Å². The van der Waals surface area contributed by atoms with E-state index in [-0.39, 0.29) is 23.6 Å². The molecule has 4 rings (SSSR count). The Balaban J connectivity index is 0.00000306. The Kier molecular flexibility index (Phi) is 8.96. The summed E-state index contributed by atoms with van der Waals surface area (Å²) in [4.78, 5) is 11.3. The lowest BCUT2D eigenvalue weighted by Crippen LogP contribution is -3.00.